The van der Waals surface area contributed by atoms with E-state index in [9.17, 15) is 5.26 Å². The average Bonchev–Trinajstić information content (AvgIpc) is 2.84. The molecule has 0 N–H and O–H groups in total. The van der Waals surface area contributed by atoms with Gasteiger partial charge in [0, 0.05) is 17.1 Å². The van der Waals surface area contributed by atoms with Crippen LogP contribution in [0.25, 0.3) is 21.5 Å². The molecule has 6 rings (SSSR count). The first-order valence-corrected chi connectivity index (χ1v) is 10.6. The SMILES string of the molecule is N#Cc1ccc(N(c2ccccc2)c2ccc3ccc4cccc5c4c3c2CC5)cc1. The predicted octanol–water partition coefficient (Wildman–Crippen LogP) is 7.43. The summed E-state index contributed by atoms with van der Waals surface area (Å²) in [6, 6.07) is 36.2. The Morgan fingerprint density at radius 1 is 0.613 bits per heavy atom. The van der Waals surface area contributed by atoms with Gasteiger partial charge in [-0.2, -0.15) is 5.26 Å². The monoisotopic (exact) mass is 396 g/mol. The maximum absolute atomic E-state index is 9.25. The molecule has 0 amide bonds. The van der Waals surface area contributed by atoms with E-state index in [0.717, 1.165) is 24.2 Å². The van der Waals surface area contributed by atoms with Crippen molar-refractivity contribution in [2.24, 2.45) is 0 Å². The zero-order valence-electron chi connectivity index (χ0n) is 17.0. The van der Waals surface area contributed by atoms with Gasteiger partial charge in [-0.15, -0.1) is 0 Å². The summed E-state index contributed by atoms with van der Waals surface area (Å²) in [6.07, 6.45) is 2.07. The summed E-state index contributed by atoms with van der Waals surface area (Å²) in [6.45, 7) is 0. The molecule has 5 aromatic carbocycles. The third-order valence-electron chi connectivity index (χ3n) is 6.35. The third kappa shape index (κ3) is 2.79. The van der Waals surface area contributed by atoms with Crippen molar-refractivity contribution < 1.29 is 0 Å². The Kier molecular flexibility index (Phi) is 4.01. The van der Waals surface area contributed by atoms with E-state index in [-0.39, 0.29) is 0 Å². The molecule has 0 bridgehead atoms. The normalized spacial score (nSPS) is 12.2. The third-order valence-corrected chi connectivity index (χ3v) is 6.35. The summed E-state index contributed by atoms with van der Waals surface area (Å²) in [4.78, 5) is 2.32. The van der Waals surface area contributed by atoms with Crippen LogP contribution in [-0.2, 0) is 12.8 Å². The second-order valence-electron chi connectivity index (χ2n) is 8.07. The van der Waals surface area contributed by atoms with E-state index in [1.807, 2.05) is 30.3 Å². The van der Waals surface area contributed by atoms with Gasteiger partial charge in [0.15, 0.2) is 0 Å². The van der Waals surface area contributed by atoms with Crippen LogP contribution in [0.4, 0.5) is 17.1 Å². The first-order valence-electron chi connectivity index (χ1n) is 10.6. The van der Waals surface area contributed by atoms with Crippen LogP contribution in [0.1, 0.15) is 16.7 Å². The van der Waals surface area contributed by atoms with Crippen LogP contribution in [0.3, 0.4) is 0 Å². The van der Waals surface area contributed by atoms with Crippen LogP contribution in [-0.4, -0.2) is 0 Å². The highest BCUT2D eigenvalue weighted by Crippen LogP contribution is 2.44. The average molecular weight is 396 g/mol. The molecule has 0 fully saturated rings. The maximum atomic E-state index is 9.25. The van der Waals surface area contributed by atoms with Crippen molar-refractivity contribution in [3.8, 4) is 6.07 Å². The van der Waals surface area contributed by atoms with Gasteiger partial charge in [0.25, 0.3) is 0 Å². The number of nitriles is 1. The number of hydrogen-bond acceptors (Lipinski definition) is 2. The van der Waals surface area contributed by atoms with E-state index >= 15 is 0 Å². The molecule has 146 valence electrons. The Labute approximate surface area is 181 Å². The highest BCUT2D eigenvalue weighted by molar-refractivity contribution is 6.13. The zero-order chi connectivity index (χ0) is 20.8. The molecule has 0 saturated carbocycles. The van der Waals surface area contributed by atoms with Gasteiger partial charge in [-0.05, 0) is 88.0 Å². The number of para-hydroxylation sites is 1. The van der Waals surface area contributed by atoms with E-state index in [1.165, 1.54) is 38.4 Å². The van der Waals surface area contributed by atoms with Crippen LogP contribution in [0.2, 0.25) is 0 Å². The highest BCUT2D eigenvalue weighted by Gasteiger charge is 2.22. The minimum absolute atomic E-state index is 0.673. The molecule has 1 aliphatic rings. The highest BCUT2D eigenvalue weighted by atomic mass is 15.1. The summed E-state index contributed by atoms with van der Waals surface area (Å²) in [5.74, 6) is 0. The first-order chi connectivity index (χ1) is 15.3. The van der Waals surface area contributed by atoms with Crippen molar-refractivity contribution in [1.29, 1.82) is 5.26 Å². The molecule has 2 nitrogen and oxygen atoms in total. The number of rotatable bonds is 3. The molecule has 1 aliphatic carbocycles. The second-order valence-corrected chi connectivity index (χ2v) is 8.07. The number of hydrogen-bond donors (Lipinski definition) is 0. The Bertz CT molecular complexity index is 1480. The molecule has 0 unspecified atom stereocenters. The molecular formula is C29H20N2. The van der Waals surface area contributed by atoms with Crippen molar-refractivity contribution in [3.63, 3.8) is 0 Å². The van der Waals surface area contributed by atoms with Gasteiger partial charge in [-0.3, -0.25) is 0 Å². The molecular weight excluding hydrogens is 376 g/mol. The smallest absolute Gasteiger partial charge is 0.0991 e. The van der Waals surface area contributed by atoms with Gasteiger partial charge in [-0.25, -0.2) is 0 Å². The van der Waals surface area contributed by atoms with Crippen molar-refractivity contribution >= 4 is 38.6 Å². The van der Waals surface area contributed by atoms with Gasteiger partial charge in [-0.1, -0.05) is 54.6 Å². The predicted molar refractivity (Wildman–Crippen MR) is 128 cm³/mol. The van der Waals surface area contributed by atoms with Crippen LogP contribution in [0.15, 0.2) is 97.1 Å². The van der Waals surface area contributed by atoms with Gasteiger partial charge >= 0.3 is 0 Å². The molecule has 0 heterocycles. The molecule has 0 aliphatic heterocycles. The fourth-order valence-electron chi connectivity index (χ4n) is 4.95. The summed E-state index contributed by atoms with van der Waals surface area (Å²) in [7, 11) is 0. The fraction of sp³-hybridized carbons (Fsp3) is 0.0690. The fourth-order valence-corrected chi connectivity index (χ4v) is 4.95. The molecule has 31 heavy (non-hydrogen) atoms. The first kappa shape index (κ1) is 17.7. The van der Waals surface area contributed by atoms with Gasteiger partial charge in [0.05, 0.1) is 11.6 Å². The molecule has 0 spiro atoms. The van der Waals surface area contributed by atoms with Crippen LogP contribution < -0.4 is 4.90 Å². The van der Waals surface area contributed by atoms with Crippen LogP contribution >= 0.6 is 0 Å². The van der Waals surface area contributed by atoms with Crippen molar-refractivity contribution in [1.82, 2.24) is 0 Å². The van der Waals surface area contributed by atoms with Crippen LogP contribution in [0.5, 0.6) is 0 Å². The lowest BCUT2D eigenvalue weighted by molar-refractivity contribution is 0.964. The lowest BCUT2D eigenvalue weighted by atomic mass is 9.85. The van der Waals surface area contributed by atoms with Crippen molar-refractivity contribution in [2.45, 2.75) is 12.8 Å². The minimum atomic E-state index is 0.673. The van der Waals surface area contributed by atoms with E-state index in [4.69, 9.17) is 0 Å². The Balaban J connectivity index is 1.66. The topological polar surface area (TPSA) is 27.0 Å². The summed E-state index contributed by atoms with van der Waals surface area (Å²) in [5, 5.41) is 14.6. The number of nitrogens with zero attached hydrogens (tertiary/aromatic N) is 2. The molecule has 2 heteroatoms. The van der Waals surface area contributed by atoms with E-state index in [0.29, 0.717) is 5.56 Å². The summed E-state index contributed by atoms with van der Waals surface area (Å²) < 4.78 is 0. The van der Waals surface area contributed by atoms with Crippen molar-refractivity contribution in [3.05, 3.63) is 114 Å². The van der Waals surface area contributed by atoms with Gasteiger partial charge in [0.2, 0.25) is 0 Å². The van der Waals surface area contributed by atoms with Crippen LogP contribution in [0, 0.1) is 11.3 Å². The van der Waals surface area contributed by atoms with Crippen molar-refractivity contribution in [2.75, 3.05) is 4.90 Å². The summed E-state index contributed by atoms with van der Waals surface area (Å²) >= 11 is 0. The largest absolute Gasteiger partial charge is 0.310 e. The minimum Gasteiger partial charge on any atom is -0.310 e. The molecule has 0 aromatic heterocycles. The number of aryl methyl sites for hydroxylation is 2. The standard InChI is InChI=1S/C29H20N2/c30-19-20-9-15-25(16-10-20)31(24-7-2-1-3-8-24)27-18-14-23-12-11-21-5-4-6-22-13-17-26(27)29(23)28(21)22/h1-12,14-16,18H,13,17H2. The molecule has 0 atom stereocenters. The summed E-state index contributed by atoms with van der Waals surface area (Å²) in [5.41, 5.74) is 6.91. The van der Waals surface area contributed by atoms with E-state index in [1.54, 1.807) is 0 Å². The molecule has 0 radical (unpaired) electrons. The Morgan fingerprint density at radius 3 is 2.10 bits per heavy atom. The molecule has 0 saturated heterocycles. The Morgan fingerprint density at radius 2 is 1.32 bits per heavy atom. The van der Waals surface area contributed by atoms with E-state index < -0.39 is 0 Å². The Hall–Kier alpha value is -4.09. The molecule has 5 aromatic rings. The zero-order valence-corrected chi connectivity index (χ0v) is 17.0. The maximum Gasteiger partial charge on any atom is 0.0991 e. The lowest BCUT2D eigenvalue weighted by Gasteiger charge is -2.30. The van der Waals surface area contributed by atoms with Gasteiger partial charge in [0.1, 0.15) is 0 Å². The number of anilines is 3. The number of benzene rings is 5. The van der Waals surface area contributed by atoms with Gasteiger partial charge < -0.3 is 4.90 Å². The second kappa shape index (κ2) is 7.00. The lowest BCUT2D eigenvalue weighted by Crippen LogP contribution is -2.14. The van der Waals surface area contributed by atoms with E-state index in [2.05, 4.69) is 77.7 Å². The quantitative estimate of drug-likeness (QED) is 0.296.